The van der Waals surface area contributed by atoms with Crippen molar-refractivity contribution in [2.45, 2.75) is 0 Å². The largest absolute Gasteiger partial charge is 0.321 e. The van der Waals surface area contributed by atoms with Crippen LogP contribution in [-0.2, 0) is 0 Å². The molecule has 0 spiro atoms. The minimum absolute atomic E-state index is 0.229. The normalized spacial score (nSPS) is 10.8. The molecule has 6 nitrogen and oxygen atoms in total. The molecule has 0 radical (unpaired) electrons. The van der Waals surface area contributed by atoms with Crippen molar-refractivity contribution < 1.29 is 4.79 Å². The number of hydrogen-bond acceptors (Lipinski definition) is 4. The highest BCUT2D eigenvalue weighted by atomic mass is 35.5. The summed E-state index contributed by atoms with van der Waals surface area (Å²) in [4.78, 5) is 16.5. The topological polar surface area (TPSA) is 72.2 Å². The molecule has 7 heteroatoms. The van der Waals surface area contributed by atoms with Gasteiger partial charge in [0, 0.05) is 23.5 Å². The summed E-state index contributed by atoms with van der Waals surface area (Å²) in [7, 11) is 0. The van der Waals surface area contributed by atoms with Crippen molar-refractivity contribution in [3.63, 3.8) is 0 Å². The van der Waals surface area contributed by atoms with Gasteiger partial charge < -0.3 is 5.32 Å². The van der Waals surface area contributed by atoms with Crippen LogP contribution < -0.4 is 5.32 Å². The van der Waals surface area contributed by atoms with E-state index in [2.05, 4.69) is 20.5 Å². The first-order chi connectivity index (χ1) is 12.2. The van der Waals surface area contributed by atoms with E-state index >= 15 is 0 Å². The molecule has 0 aliphatic rings. The molecule has 0 fully saturated rings. The van der Waals surface area contributed by atoms with Gasteiger partial charge in [-0.15, -0.1) is 10.2 Å². The molecule has 2 aromatic heterocycles. The molecular weight excluding hydrogens is 338 g/mol. The Morgan fingerprint density at radius 1 is 1.00 bits per heavy atom. The first-order valence-electron chi connectivity index (χ1n) is 7.54. The molecule has 1 amide bonds. The number of hydrogen-bond donors (Lipinski definition) is 1. The molecule has 0 saturated carbocycles. The molecule has 0 unspecified atom stereocenters. The lowest BCUT2D eigenvalue weighted by molar-refractivity contribution is 0.102. The zero-order valence-corrected chi connectivity index (χ0v) is 13.7. The molecule has 0 aliphatic carbocycles. The van der Waals surface area contributed by atoms with Crippen molar-refractivity contribution >= 4 is 29.0 Å². The maximum atomic E-state index is 12.4. The van der Waals surface area contributed by atoms with Gasteiger partial charge in [0.15, 0.2) is 5.82 Å². The molecule has 0 aliphatic heterocycles. The number of nitrogens with one attached hydrogen (secondary N) is 1. The maximum Gasteiger partial charge on any atom is 0.255 e. The lowest BCUT2D eigenvalue weighted by Crippen LogP contribution is -2.12. The molecule has 2 heterocycles. The highest BCUT2D eigenvalue weighted by Gasteiger charge is 2.11. The van der Waals surface area contributed by atoms with Gasteiger partial charge in [0.05, 0.1) is 10.7 Å². The molecule has 4 aromatic rings. The van der Waals surface area contributed by atoms with Crippen LogP contribution in [0.1, 0.15) is 10.4 Å². The second kappa shape index (κ2) is 6.33. The minimum Gasteiger partial charge on any atom is -0.321 e. The Balaban J connectivity index is 1.60. The van der Waals surface area contributed by atoms with E-state index in [0.29, 0.717) is 27.9 Å². The number of rotatable bonds is 3. The van der Waals surface area contributed by atoms with Crippen LogP contribution in [-0.4, -0.2) is 25.5 Å². The Morgan fingerprint density at radius 2 is 1.80 bits per heavy atom. The van der Waals surface area contributed by atoms with Gasteiger partial charge in [-0.2, -0.15) is 0 Å². The molecule has 0 bridgehead atoms. The molecule has 0 saturated heterocycles. The van der Waals surface area contributed by atoms with Crippen molar-refractivity contribution in [3.8, 4) is 11.4 Å². The SMILES string of the molecule is O=C(Nc1ccccc1Cl)c1ccc(-c2nnc3ncccn23)cc1. The number of carbonyl (C=O) groups excluding carboxylic acids is 1. The number of carbonyl (C=O) groups is 1. The van der Waals surface area contributed by atoms with E-state index in [9.17, 15) is 4.79 Å². The summed E-state index contributed by atoms with van der Waals surface area (Å²) >= 11 is 6.07. The Hall–Kier alpha value is -3.25. The van der Waals surface area contributed by atoms with E-state index in [1.54, 1.807) is 34.9 Å². The van der Waals surface area contributed by atoms with Crippen LogP contribution in [0.2, 0.25) is 5.02 Å². The highest BCUT2D eigenvalue weighted by molar-refractivity contribution is 6.33. The zero-order chi connectivity index (χ0) is 17.2. The number of nitrogens with zero attached hydrogens (tertiary/aromatic N) is 4. The van der Waals surface area contributed by atoms with Crippen LogP contribution in [0.3, 0.4) is 0 Å². The minimum atomic E-state index is -0.229. The molecule has 0 atom stereocenters. The molecule has 4 rings (SSSR count). The lowest BCUT2D eigenvalue weighted by Gasteiger charge is -2.07. The van der Waals surface area contributed by atoms with Crippen molar-refractivity contribution in [1.82, 2.24) is 19.6 Å². The second-order valence-corrected chi connectivity index (χ2v) is 5.73. The van der Waals surface area contributed by atoms with Crippen LogP contribution in [0.4, 0.5) is 5.69 Å². The molecule has 1 N–H and O–H groups in total. The summed E-state index contributed by atoms with van der Waals surface area (Å²) in [6.07, 6.45) is 3.51. The molecule has 25 heavy (non-hydrogen) atoms. The van der Waals surface area contributed by atoms with E-state index in [-0.39, 0.29) is 5.91 Å². The number of fused-ring (bicyclic) bond motifs is 1. The van der Waals surface area contributed by atoms with Crippen LogP contribution in [0.15, 0.2) is 67.0 Å². The van der Waals surface area contributed by atoms with E-state index in [0.717, 1.165) is 5.56 Å². The number of para-hydroxylation sites is 1. The summed E-state index contributed by atoms with van der Waals surface area (Å²) in [6.45, 7) is 0. The van der Waals surface area contributed by atoms with Crippen LogP contribution in [0.25, 0.3) is 17.2 Å². The van der Waals surface area contributed by atoms with Crippen molar-refractivity contribution in [1.29, 1.82) is 0 Å². The quantitative estimate of drug-likeness (QED) is 0.612. The molecule has 122 valence electrons. The standard InChI is InChI=1S/C18H12ClN5O/c19-14-4-1-2-5-15(14)21-17(25)13-8-6-12(7-9-13)16-22-23-18-20-10-3-11-24(16)18/h1-11H,(H,21,25). The van der Waals surface area contributed by atoms with Gasteiger partial charge in [-0.05, 0) is 30.3 Å². The first kappa shape index (κ1) is 15.3. The van der Waals surface area contributed by atoms with Crippen molar-refractivity contribution in [2.24, 2.45) is 0 Å². The summed E-state index contributed by atoms with van der Waals surface area (Å²) in [5.41, 5.74) is 1.94. The number of aromatic nitrogens is 4. The van der Waals surface area contributed by atoms with Gasteiger partial charge in [0.1, 0.15) is 0 Å². The lowest BCUT2D eigenvalue weighted by atomic mass is 10.1. The fourth-order valence-electron chi connectivity index (χ4n) is 2.47. The molecule has 2 aromatic carbocycles. The number of anilines is 1. The Morgan fingerprint density at radius 3 is 2.60 bits per heavy atom. The summed E-state index contributed by atoms with van der Waals surface area (Å²) < 4.78 is 1.79. The summed E-state index contributed by atoms with van der Waals surface area (Å²) in [5.74, 6) is 0.964. The third-order valence-electron chi connectivity index (χ3n) is 3.72. The second-order valence-electron chi connectivity index (χ2n) is 5.32. The fourth-order valence-corrected chi connectivity index (χ4v) is 2.65. The first-order valence-corrected chi connectivity index (χ1v) is 7.92. The van der Waals surface area contributed by atoms with E-state index in [1.807, 2.05) is 36.5 Å². The smallest absolute Gasteiger partial charge is 0.255 e. The van der Waals surface area contributed by atoms with Crippen molar-refractivity contribution in [3.05, 3.63) is 77.6 Å². The van der Waals surface area contributed by atoms with Gasteiger partial charge in [-0.25, -0.2) is 4.98 Å². The van der Waals surface area contributed by atoms with E-state index in [1.165, 1.54) is 0 Å². The summed E-state index contributed by atoms with van der Waals surface area (Å²) in [5, 5.41) is 11.5. The Kier molecular flexibility index (Phi) is 3.87. The fraction of sp³-hybridized carbons (Fsp3) is 0. The molecular formula is C18H12ClN5O. The van der Waals surface area contributed by atoms with Gasteiger partial charge in [0.25, 0.3) is 11.7 Å². The third-order valence-corrected chi connectivity index (χ3v) is 4.05. The average molecular weight is 350 g/mol. The van der Waals surface area contributed by atoms with Crippen LogP contribution in [0.5, 0.6) is 0 Å². The predicted molar refractivity (Wildman–Crippen MR) is 95.6 cm³/mol. The highest BCUT2D eigenvalue weighted by Crippen LogP contribution is 2.22. The average Bonchev–Trinajstić information content (AvgIpc) is 3.08. The third kappa shape index (κ3) is 2.95. The number of amides is 1. The Bertz CT molecular complexity index is 1060. The zero-order valence-electron chi connectivity index (χ0n) is 12.9. The Labute approximate surface area is 148 Å². The van der Waals surface area contributed by atoms with Crippen molar-refractivity contribution in [2.75, 3.05) is 5.32 Å². The monoisotopic (exact) mass is 349 g/mol. The number of halogens is 1. The predicted octanol–water partition coefficient (Wildman–Crippen LogP) is 3.70. The van der Waals surface area contributed by atoms with E-state index in [4.69, 9.17) is 11.6 Å². The summed E-state index contributed by atoms with van der Waals surface area (Å²) in [6, 6.07) is 16.0. The van der Waals surface area contributed by atoms with Gasteiger partial charge >= 0.3 is 0 Å². The number of benzene rings is 2. The van der Waals surface area contributed by atoms with Gasteiger partial charge in [-0.1, -0.05) is 35.9 Å². The maximum absolute atomic E-state index is 12.4. The van der Waals surface area contributed by atoms with E-state index < -0.39 is 0 Å². The van der Waals surface area contributed by atoms with Gasteiger partial charge in [-0.3, -0.25) is 9.20 Å². The van der Waals surface area contributed by atoms with Crippen LogP contribution in [0, 0.1) is 0 Å². The van der Waals surface area contributed by atoms with Crippen LogP contribution >= 0.6 is 11.6 Å². The van der Waals surface area contributed by atoms with Gasteiger partial charge in [0.2, 0.25) is 0 Å².